The number of hydrogen-bond acceptors (Lipinski definition) is 9. The molecule has 3 aliphatic heterocycles. The monoisotopic (exact) mass is 676 g/mol. The molecule has 0 saturated carbocycles. The van der Waals surface area contributed by atoms with Crippen LogP contribution in [0.25, 0.3) is 22.5 Å². The zero-order valence-corrected chi connectivity index (χ0v) is 28.1. The van der Waals surface area contributed by atoms with E-state index in [0.717, 1.165) is 33.5 Å². The van der Waals surface area contributed by atoms with E-state index in [-0.39, 0.29) is 49.7 Å². The summed E-state index contributed by atoms with van der Waals surface area (Å²) in [5.41, 5.74) is 5.59. The summed E-state index contributed by atoms with van der Waals surface area (Å²) in [5, 5.41) is 14.3. The van der Waals surface area contributed by atoms with Crippen molar-refractivity contribution in [3.63, 3.8) is 0 Å². The highest BCUT2D eigenvalue weighted by Gasteiger charge is 2.40. The summed E-state index contributed by atoms with van der Waals surface area (Å²) in [6.07, 6.45) is 1.02. The fourth-order valence-electron chi connectivity index (χ4n) is 6.17. The molecule has 5 heterocycles. The van der Waals surface area contributed by atoms with Crippen molar-refractivity contribution in [1.82, 2.24) is 30.5 Å². The molecular formula is C37H36N6O7. The highest BCUT2D eigenvalue weighted by Crippen LogP contribution is 2.32. The van der Waals surface area contributed by atoms with E-state index in [4.69, 9.17) is 18.7 Å². The van der Waals surface area contributed by atoms with E-state index in [1.54, 1.807) is 46.1 Å². The zero-order chi connectivity index (χ0) is 34.9. The third kappa shape index (κ3) is 6.49. The highest BCUT2D eigenvalue weighted by atomic mass is 16.5. The molecule has 13 heteroatoms. The van der Waals surface area contributed by atoms with Gasteiger partial charge in [0, 0.05) is 37.5 Å². The number of rotatable bonds is 3. The van der Waals surface area contributed by atoms with Crippen LogP contribution in [0, 0.1) is 13.8 Å². The van der Waals surface area contributed by atoms with E-state index < -0.39 is 12.1 Å². The summed E-state index contributed by atoms with van der Waals surface area (Å²) in [5.74, 6) is 0.839. The van der Waals surface area contributed by atoms with Crippen molar-refractivity contribution in [3.8, 4) is 39.7 Å². The number of carbonyl (C=O) groups excluding carboxylic acids is 3. The number of amides is 3. The second kappa shape index (κ2) is 13.4. The molecule has 3 aromatic carbocycles. The summed E-state index contributed by atoms with van der Waals surface area (Å²) in [6, 6.07) is 19.2. The Morgan fingerprint density at radius 1 is 0.980 bits per heavy atom. The predicted octanol–water partition coefficient (Wildman–Crippen LogP) is 4.08. The molecule has 2 aromatic heterocycles. The van der Waals surface area contributed by atoms with Gasteiger partial charge in [0.1, 0.15) is 11.9 Å². The molecule has 2 N–H and O–H groups in total. The van der Waals surface area contributed by atoms with Crippen LogP contribution >= 0.6 is 0 Å². The van der Waals surface area contributed by atoms with Crippen LogP contribution in [0.3, 0.4) is 0 Å². The summed E-state index contributed by atoms with van der Waals surface area (Å²) in [7, 11) is 3.35. The maximum atomic E-state index is 13.9. The molecule has 2 atom stereocenters. The van der Waals surface area contributed by atoms with Gasteiger partial charge in [0.2, 0.25) is 0 Å². The van der Waals surface area contributed by atoms with Crippen LogP contribution in [0.15, 0.2) is 77.4 Å². The number of methoxy groups -OCH3 is 1. The predicted molar refractivity (Wildman–Crippen MR) is 182 cm³/mol. The van der Waals surface area contributed by atoms with Crippen LogP contribution in [0.1, 0.15) is 37.7 Å². The van der Waals surface area contributed by atoms with Crippen molar-refractivity contribution < 1.29 is 33.1 Å². The summed E-state index contributed by atoms with van der Waals surface area (Å²) < 4.78 is 25.2. The van der Waals surface area contributed by atoms with Gasteiger partial charge in [-0.25, -0.2) is 0 Å². The van der Waals surface area contributed by atoms with Gasteiger partial charge >= 0.3 is 0 Å². The third-order valence-electron chi connectivity index (χ3n) is 9.11. The highest BCUT2D eigenvalue weighted by molar-refractivity contribution is 5.97. The summed E-state index contributed by atoms with van der Waals surface area (Å²) in [4.78, 5) is 41.9. The second-order valence-corrected chi connectivity index (χ2v) is 12.4. The minimum absolute atomic E-state index is 0.129. The van der Waals surface area contributed by atoms with Crippen molar-refractivity contribution >= 4 is 17.7 Å². The molecular weight excluding hydrogens is 640 g/mol. The number of nitrogens with zero attached hydrogens (tertiary/aromatic N) is 4. The smallest absolute Gasteiger partial charge is 0.276 e. The van der Waals surface area contributed by atoms with Gasteiger partial charge in [-0.05, 0) is 72.5 Å². The van der Waals surface area contributed by atoms with Gasteiger partial charge in [0.05, 0.1) is 31.5 Å². The van der Waals surface area contributed by atoms with E-state index in [2.05, 4.69) is 20.9 Å². The SMILES string of the molecule is COc1cc2ccc1O[C@H]1CN(C(=O)c3cc(-c4cnn(C)c4C)on3)C[C@@H]1NC(=O)c1ccc(C)c(c1)-c1cccc(c1)OCC(=O)NC2. The van der Waals surface area contributed by atoms with Crippen LogP contribution in [0.2, 0.25) is 0 Å². The molecule has 3 amide bonds. The Morgan fingerprint density at radius 2 is 1.84 bits per heavy atom. The van der Waals surface area contributed by atoms with E-state index >= 15 is 0 Å². The molecule has 0 unspecified atom stereocenters. The number of benzene rings is 3. The number of likely N-dealkylation sites (tertiary alicyclic amines) is 1. The van der Waals surface area contributed by atoms with Gasteiger partial charge < -0.3 is 34.3 Å². The molecule has 256 valence electrons. The zero-order valence-electron chi connectivity index (χ0n) is 28.1. The molecule has 8 rings (SSSR count). The second-order valence-electron chi connectivity index (χ2n) is 12.4. The molecule has 0 aliphatic carbocycles. The van der Waals surface area contributed by atoms with Crippen molar-refractivity contribution in [2.24, 2.45) is 7.05 Å². The largest absolute Gasteiger partial charge is 0.493 e. The first-order valence-electron chi connectivity index (χ1n) is 16.2. The number of aromatic nitrogens is 3. The Labute approximate surface area is 288 Å². The van der Waals surface area contributed by atoms with Crippen molar-refractivity contribution in [2.45, 2.75) is 32.5 Å². The van der Waals surface area contributed by atoms with Crippen LogP contribution in [-0.2, 0) is 18.4 Å². The normalized spacial score (nSPS) is 17.6. The van der Waals surface area contributed by atoms with E-state index in [0.29, 0.717) is 28.6 Å². The average Bonchev–Trinajstić information content (AvgIpc) is 3.85. The van der Waals surface area contributed by atoms with Crippen LogP contribution in [-0.4, -0.2) is 76.5 Å². The molecule has 0 radical (unpaired) electrons. The molecule has 3 aliphatic rings. The molecule has 50 heavy (non-hydrogen) atoms. The van der Waals surface area contributed by atoms with Crippen molar-refractivity contribution in [2.75, 3.05) is 26.8 Å². The first-order valence-corrected chi connectivity index (χ1v) is 16.2. The maximum absolute atomic E-state index is 13.9. The lowest BCUT2D eigenvalue weighted by molar-refractivity contribution is -0.123. The molecule has 1 fully saturated rings. The van der Waals surface area contributed by atoms with E-state index in [1.165, 1.54) is 7.11 Å². The van der Waals surface area contributed by atoms with Gasteiger partial charge in [-0.15, -0.1) is 0 Å². The summed E-state index contributed by atoms with van der Waals surface area (Å²) in [6.45, 7) is 4.26. The van der Waals surface area contributed by atoms with Gasteiger partial charge in [-0.1, -0.05) is 29.4 Å². The van der Waals surface area contributed by atoms with Crippen molar-refractivity contribution in [3.05, 3.63) is 101 Å². The lowest BCUT2D eigenvalue weighted by Gasteiger charge is -2.23. The molecule has 5 aromatic rings. The van der Waals surface area contributed by atoms with E-state index in [1.807, 2.05) is 57.3 Å². The fraction of sp³-hybridized carbons (Fsp3) is 0.270. The summed E-state index contributed by atoms with van der Waals surface area (Å²) >= 11 is 0. The maximum Gasteiger partial charge on any atom is 0.276 e. The number of ether oxygens (including phenoxy) is 3. The lowest BCUT2D eigenvalue weighted by Crippen LogP contribution is -2.45. The van der Waals surface area contributed by atoms with Crippen LogP contribution in [0.4, 0.5) is 0 Å². The topological polar surface area (TPSA) is 150 Å². The molecule has 1 saturated heterocycles. The lowest BCUT2D eigenvalue weighted by atomic mass is 9.97. The number of carbonyl (C=O) groups is 3. The van der Waals surface area contributed by atoms with Gasteiger partial charge in [-0.3, -0.25) is 19.1 Å². The Balaban J connectivity index is 1.21. The molecule has 13 nitrogen and oxygen atoms in total. The van der Waals surface area contributed by atoms with Crippen LogP contribution in [0.5, 0.6) is 17.2 Å². The van der Waals surface area contributed by atoms with E-state index in [9.17, 15) is 14.4 Å². The first kappa shape index (κ1) is 32.4. The number of fused-ring (bicyclic) bond motifs is 7. The Bertz CT molecular complexity index is 2100. The quantitative estimate of drug-likeness (QED) is 0.288. The number of aryl methyl sites for hydroxylation is 2. The number of hydrogen-bond donors (Lipinski definition) is 2. The van der Waals surface area contributed by atoms with Gasteiger partial charge in [0.25, 0.3) is 17.7 Å². The van der Waals surface area contributed by atoms with Gasteiger partial charge in [0.15, 0.2) is 29.6 Å². The molecule has 0 spiro atoms. The Hall–Kier alpha value is -6.11. The Kier molecular flexibility index (Phi) is 8.71. The van der Waals surface area contributed by atoms with Crippen LogP contribution < -0.4 is 24.8 Å². The van der Waals surface area contributed by atoms with Crippen molar-refractivity contribution in [1.29, 1.82) is 0 Å². The fourth-order valence-corrected chi connectivity index (χ4v) is 6.17. The molecule has 6 bridgehead atoms. The Morgan fingerprint density at radius 3 is 2.64 bits per heavy atom. The average molecular weight is 677 g/mol. The minimum Gasteiger partial charge on any atom is -0.493 e. The number of nitrogens with one attached hydrogen (secondary N) is 2. The minimum atomic E-state index is -0.640. The van der Waals surface area contributed by atoms with Gasteiger partial charge in [-0.2, -0.15) is 5.10 Å². The first-order chi connectivity index (χ1) is 24.2. The standard InChI is InChI=1S/C37H36N6O7/c1-21-8-10-25-14-27(21)24-6-5-7-26(13-24)48-20-35(44)38-16-23-9-11-31(33(12-23)47-4)49-34-19-43(18-30(34)40-36(25)45)37(46)29-15-32(50-41-29)28-17-39-42(3)22(28)2/h5-15,17,30,34H,16,18-20H2,1-4H3,(H,38,44)(H,40,45)/t30-,34-/m0/s1. The third-order valence-corrected chi connectivity index (χ3v) is 9.11.